The summed E-state index contributed by atoms with van der Waals surface area (Å²) in [4.78, 5) is 24.9. The van der Waals surface area contributed by atoms with Gasteiger partial charge >= 0.3 is 5.97 Å². The van der Waals surface area contributed by atoms with Crippen molar-refractivity contribution in [2.24, 2.45) is 0 Å². The highest BCUT2D eigenvalue weighted by Gasteiger charge is 2.21. The minimum Gasteiger partial charge on any atom is -0.467 e. The molecule has 1 atom stereocenters. The van der Waals surface area contributed by atoms with Crippen molar-refractivity contribution in [1.82, 2.24) is 5.32 Å². The van der Waals surface area contributed by atoms with Gasteiger partial charge in [0.25, 0.3) is 0 Å². The quantitative estimate of drug-likeness (QED) is 0.128. The third kappa shape index (κ3) is 8.21. The third-order valence-electron chi connectivity index (χ3n) is 8.19. The molecular weight excluding hydrogens is 603 g/mol. The first-order valence-corrected chi connectivity index (χ1v) is 17.0. The number of methoxy groups -OCH3 is 1. The molecule has 1 heterocycles. The molecule has 1 aromatic heterocycles. The van der Waals surface area contributed by atoms with Crippen molar-refractivity contribution in [2.75, 3.05) is 12.9 Å². The van der Waals surface area contributed by atoms with Gasteiger partial charge in [0.2, 0.25) is 5.91 Å². The van der Waals surface area contributed by atoms with Gasteiger partial charge in [-0.1, -0.05) is 127 Å². The van der Waals surface area contributed by atoms with Crippen LogP contribution in [0.3, 0.4) is 0 Å². The normalized spacial score (nSPS) is 11.7. The number of hydrogen-bond donors (Lipinski definition) is 1. The van der Waals surface area contributed by atoms with Gasteiger partial charge in [0, 0.05) is 35.3 Å². The van der Waals surface area contributed by atoms with Gasteiger partial charge in [0.15, 0.2) is 0 Å². The van der Waals surface area contributed by atoms with Crippen molar-refractivity contribution in [3.63, 3.8) is 0 Å². The lowest BCUT2D eigenvalue weighted by Gasteiger charge is -2.16. The fourth-order valence-electron chi connectivity index (χ4n) is 5.72. The number of carbonyl (C=O) groups is 2. The molecule has 0 bridgehead atoms. The fourth-order valence-corrected chi connectivity index (χ4v) is 6.72. The van der Waals surface area contributed by atoms with Gasteiger partial charge in [-0.3, -0.25) is 4.79 Å². The number of benzene rings is 5. The predicted molar refractivity (Wildman–Crippen MR) is 191 cm³/mol. The molecule has 6 heteroatoms. The van der Waals surface area contributed by atoms with Crippen LogP contribution in [0.15, 0.2) is 138 Å². The molecule has 47 heavy (non-hydrogen) atoms. The van der Waals surface area contributed by atoms with E-state index in [0.717, 1.165) is 56.5 Å². The lowest BCUT2D eigenvalue weighted by atomic mass is 9.96. The van der Waals surface area contributed by atoms with E-state index >= 15 is 0 Å². The van der Waals surface area contributed by atoms with Crippen LogP contribution in [-0.4, -0.2) is 30.8 Å². The van der Waals surface area contributed by atoms with Crippen molar-refractivity contribution < 1.29 is 18.7 Å². The summed E-state index contributed by atoms with van der Waals surface area (Å²) in [6, 6.07) is 44.9. The molecule has 5 nitrogen and oxygen atoms in total. The first-order valence-electron chi connectivity index (χ1n) is 15.8. The maximum Gasteiger partial charge on any atom is 0.329 e. The molecule has 0 saturated carbocycles. The first kappa shape index (κ1) is 31.9. The van der Waals surface area contributed by atoms with E-state index in [-0.39, 0.29) is 5.91 Å². The topological polar surface area (TPSA) is 68.5 Å². The minimum absolute atomic E-state index is 0.159. The van der Waals surface area contributed by atoms with Crippen molar-refractivity contribution in [2.45, 2.75) is 31.1 Å². The lowest BCUT2D eigenvalue weighted by molar-refractivity contribution is -0.144. The number of fused-ring (bicyclic) bond motifs is 1. The summed E-state index contributed by atoms with van der Waals surface area (Å²) >= 11 is 1.59. The van der Waals surface area contributed by atoms with E-state index in [2.05, 4.69) is 90.2 Å². The van der Waals surface area contributed by atoms with Crippen molar-refractivity contribution >= 4 is 34.6 Å². The van der Waals surface area contributed by atoms with E-state index in [4.69, 9.17) is 9.15 Å². The van der Waals surface area contributed by atoms with Crippen LogP contribution in [-0.2, 0) is 32.9 Å². The molecule has 1 N–H and O–H groups in total. The number of aryl methyl sites for hydroxylation is 1. The maximum absolute atomic E-state index is 12.6. The average molecular weight is 640 g/mol. The summed E-state index contributed by atoms with van der Waals surface area (Å²) in [5.41, 5.74) is 8.88. The summed E-state index contributed by atoms with van der Waals surface area (Å²) in [5.74, 6) is 1.52. The number of para-hydroxylation sites is 1. The summed E-state index contributed by atoms with van der Waals surface area (Å²) in [5, 5.41) is 3.97. The number of amides is 1. The Hall–Kier alpha value is -5.07. The second kappa shape index (κ2) is 15.5. The SMILES string of the molecule is COC(=O)[C@H](CSCc1ccc(-c2ccc(-c3c(Cc4ccccc4)oc4ccccc34)cc2)cc1)NC(=O)CCc1ccccc1. The number of nitrogens with one attached hydrogen (secondary N) is 1. The van der Waals surface area contributed by atoms with Crippen LogP contribution >= 0.6 is 11.8 Å². The Balaban J connectivity index is 1.07. The second-order valence-corrected chi connectivity index (χ2v) is 12.5. The van der Waals surface area contributed by atoms with Gasteiger partial charge in [-0.2, -0.15) is 11.8 Å². The number of esters is 1. The lowest BCUT2D eigenvalue weighted by Crippen LogP contribution is -2.43. The summed E-state index contributed by atoms with van der Waals surface area (Å²) in [7, 11) is 1.35. The van der Waals surface area contributed by atoms with Crippen LogP contribution in [0.2, 0.25) is 0 Å². The zero-order valence-corrected chi connectivity index (χ0v) is 27.2. The van der Waals surface area contributed by atoms with E-state index in [1.54, 1.807) is 11.8 Å². The summed E-state index contributed by atoms with van der Waals surface area (Å²) in [6.07, 6.45) is 1.67. The highest BCUT2D eigenvalue weighted by Crippen LogP contribution is 2.37. The molecule has 0 fully saturated rings. The smallest absolute Gasteiger partial charge is 0.329 e. The molecular formula is C41H37NO4S. The molecule has 0 unspecified atom stereocenters. The Kier molecular flexibility index (Phi) is 10.5. The minimum atomic E-state index is -0.688. The average Bonchev–Trinajstić information content (AvgIpc) is 3.49. The number of carbonyl (C=O) groups excluding carboxylic acids is 2. The largest absolute Gasteiger partial charge is 0.467 e. The van der Waals surface area contributed by atoms with Crippen molar-refractivity contribution in [3.8, 4) is 22.3 Å². The van der Waals surface area contributed by atoms with Crippen LogP contribution in [0.4, 0.5) is 0 Å². The Labute approximate surface area is 280 Å². The molecule has 0 spiro atoms. The van der Waals surface area contributed by atoms with Gasteiger partial charge in [-0.25, -0.2) is 4.79 Å². The molecule has 0 radical (unpaired) electrons. The van der Waals surface area contributed by atoms with E-state index < -0.39 is 12.0 Å². The molecule has 6 aromatic rings. The van der Waals surface area contributed by atoms with Crippen molar-refractivity contribution in [3.05, 3.63) is 156 Å². The number of hydrogen-bond acceptors (Lipinski definition) is 5. The van der Waals surface area contributed by atoms with Crippen molar-refractivity contribution in [1.29, 1.82) is 0 Å². The van der Waals surface area contributed by atoms with Gasteiger partial charge in [-0.15, -0.1) is 0 Å². The van der Waals surface area contributed by atoms with E-state index in [9.17, 15) is 9.59 Å². The van der Waals surface area contributed by atoms with Crippen LogP contribution in [0, 0.1) is 0 Å². The number of furan rings is 1. The molecule has 0 aliphatic carbocycles. The highest BCUT2D eigenvalue weighted by atomic mass is 32.2. The van der Waals surface area contributed by atoms with Gasteiger partial charge in [0.05, 0.1) is 7.11 Å². The predicted octanol–water partition coefficient (Wildman–Crippen LogP) is 8.88. The highest BCUT2D eigenvalue weighted by molar-refractivity contribution is 7.98. The third-order valence-corrected chi connectivity index (χ3v) is 9.30. The second-order valence-electron chi connectivity index (χ2n) is 11.5. The molecule has 1 amide bonds. The first-order chi connectivity index (χ1) is 23.1. The summed E-state index contributed by atoms with van der Waals surface area (Å²) < 4.78 is 11.3. The Morgan fingerprint density at radius 2 is 1.30 bits per heavy atom. The molecule has 0 saturated heterocycles. The molecule has 0 aliphatic rings. The number of thioether (sulfide) groups is 1. The molecule has 6 rings (SSSR count). The van der Waals surface area contributed by atoms with Gasteiger partial charge in [0.1, 0.15) is 17.4 Å². The van der Waals surface area contributed by atoms with Gasteiger partial charge < -0.3 is 14.5 Å². The summed E-state index contributed by atoms with van der Waals surface area (Å²) in [6.45, 7) is 0. The van der Waals surface area contributed by atoms with E-state index in [0.29, 0.717) is 24.3 Å². The standard InChI is InChI=1S/C41H37NO4S/c1-45-41(44)36(42-39(43)25-18-29-10-4-2-5-11-29)28-47-27-31-16-19-32(20-17-31)33-21-23-34(24-22-33)40-35-14-8-9-15-37(35)46-38(40)26-30-12-6-3-7-13-30/h2-17,19-24,36H,18,25-28H2,1H3,(H,42,43)/t36-/m0/s1. The number of rotatable bonds is 13. The zero-order valence-electron chi connectivity index (χ0n) is 26.4. The Morgan fingerprint density at radius 1 is 0.702 bits per heavy atom. The van der Waals surface area contributed by atoms with Crippen LogP contribution < -0.4 is 5.32 Å². The fraction of sp³-hybridized carbons (Fsp3) is 0.171. The van der Waals surface area contributed by atoms with Crippen LogP contribution in [0.5, 0.6) is 0 Å². The molecule has 5 aromatic carbocycles. The number of ether oxygens (including phenoxy) is 1. The van der Waals surface area contributed by atoms with E-state index in [1.807, 2.05) is 48.5 Å². The van der Waals surface area contributed by atoms with E-state index in [1.165, 1.54) is 12.7 Å². The van der Waals surface area contributed by atoms with Gasteiger partial charge in [-0.05, 0) is 45.9 Å². The van der Waals surface area contributed by atoms with Crippen LogP contribution in [0.25, 0.3) is 33.2 Å². The Bertz CT molecular complexity index is 1920. The van der Waals surface area contributed by atoms with Crippen LogP contribution in [0.1, 0.15) is 28.9 Å². The maximum atomic E-state index is 12.6. The zero-order chi connectivity index (χ0) is 32.4. The Morgan fingerprint density at radius 3 is 1.98 bits per heavy atom. The molecule has 236 valence electrons. The monoisotopic (exact) mass is 639 g/mol. The molecule has 0 aliphatic heterocycles.